The van der Waals surface area contributed by atoms with E-state index in [9.17, 15) is 4.79 Å². The molecule has 1 amide bonds. The minimum absolute atomic E-state index is 0.0190. The Kier molecular flexibility index (Phi) is 5.51. The molecule has 0 saturated carbocycles. The SMILES string of the molecule is C=CCOc1ccc(C(=O)N2CCC[C@H]2Cn2cnc3ccccc32)cc1OC. The van der Waals surface area contributed by atoms with E-state index in [0.717, 1.165) is 37.0 Å². The summed E-state index contributed by atoms with van der Waals surface area (Å²) in [6.07, 6.45) is 5.52. The first-order chi connectivity index (χ1) is 14.2. The van der Waals surface area contributed by atoms with Crippen LogP contribution >= 0.6 is 0 Å². The number of imidazole rings is 1. The van der Waals surface area contributed by atoms with E-state index in [1.54, 1.807) is 31.4 Å². The van der Waals surface area contributed by atoms with Gasteiger partial charge in [0.1, 0.15) is 6.61 Å². The molecule has 6 heteroatoms. The van der Waals surface area contributed by atoms with Crippen molar-refractivity contribution in [3.05, 3.63) is 67.0 Å². The van der Waals surface area contributed by atoms with Gasteiger partial charge in [-0.25, -0.2) is 4.98 Å². The van der Waals surface area contributed by atoms with E-state index in [1.165, 1.54) is 0 Å². The van der Waals surface area contributed by atoms with Crippen molar-refractivity contribution >= 4 is 16.9 Å². The third-order valence-corrected chi connectivity index (χ3v) is 5.34. The summed E-state index contributed by atoms with van der Waals surface area (Å²) >= 11 is 0. The van der Waals surface area contributed by atoms with Crippen molar-refractivity contribution in [3.8, 4) is 11.5 Å². The number of likely N-dealkylation sites (tertiary alicyclic amines) is 1. The molecule has 0 spiro atoms. The van der Waals surface area contributed by atoms with Gasteiger partial charge in [0.25, 0.3) is 5.91 Å². The second-order valence-corrected chi connectivity index (χ2v) is 7.15. The fraction of sp³-hybridized carbons (Fsp3) is 0.304. The molecule has 1 atom stereocenters. The van der Waals surface area contributed by atoms with E-state index in [1.807, 2.05) is 29.4 Å². The van der Waals surface area contributed by atoms with Crippen LogP contribution in [0.4, 0.5) is 0 Å². The Balaban J connectivity index is 1.54. The second kappa shape index (κ2) is 8.39. The Morgan fingerprint density at radius 1 is 1.28 bits per heavy atom. The lowest BCUT2D eigenvalue weighted by Gasteiger charge is -2.25. The van der Waals surface area contributed by atoms with Gasteiger partial charge in [-0.3, -0.25) is 4.79 Å². The molecule has 0 bridgehead atoms. The van der Waals surface area contributed by atoms with Crippen LogP contribution in [0.1, 0.15) is 23.2 Å². The molecule has 0 unspecified atom stereocenters. The zero-order chi connectivity index (χ0) is 20.2. The van der Waals surface area contributed by atoms with Crippen molar-refractivity contribution in [2.45, 2.75) is 25.4 Å². The lowest BCUT2D eigenvalue weighted by Crippen LogP contribution is -2.38. The van der Waals surface area contributed by atoms with Gasteiger partial charge in [-0.2, -0.15) is 0 Å². The number of ether oxygens (including phenoxy) is 2. The maximum atomic E-state index is 13.2. The summed E-state index contributed by atoms with van der Waals surface area (Å²) in [5, 5.41) is 0. The molecule has 4 rings (SSSR count). The molecule has 0 radical (unpaired) electrons. The Bertz CT molecular complexity index is 1030. The third-order valence-electron chi connectivity index (χ3n) is 5.34. The standard InChI is InChI=1S/C23H25N3O3/c1-3-13-29-21-11-10-17(14-22(21)28-2)23(27)26-12-6-7-18(26)15-25-16-24-19-8-4-5-9-20(19)25/h3-5,8-11,14,16,18H,1,6-7,12-13,15H2,2H3/t18-/m0/s1. The van der Waals surface area contributed by atoms with Crippen LogP contribution in [0.2, 0.25) is 0 Å². The van der Waals surface area contributed by atoms with E-state index in [4.69, 9.17) is 9.47 Å². The second-order valence-electron chi connectivity index (χ2n) is 7.15. The molecular weight excluding hydrogens is 366 g/mol. The number of hydrogen-bond donors (Lipinski definition) is 0. The number of amides is 1. The molecule has 150 valence electrons. The minimum Gasteiger partial charge on any atom is -0.493 e. The van der Waals surface area contributed by atoms with Gasteiger partial charge in [0.15, 0.2) is 11.5 Å². The molecule has 0 N–H and O–H groups in total. The monoisotopic (exact) mass is 391 g/mol. The van der Waals surface area contributed by atoms with Crippen molar-refractivity contribution in [1.29, 1.82) is 0 Å². The van der Waals surface area contributed by atoms with Gasteiger partial charge < -0.3 is 18.9 Å². The summed E-state index contributed by atoms with van der Waals surface area (Å²) in [7, 11) is 1.58. The molecule has 29 heavy (non-hydrogen) atoms. The first-order valence-electron chi connectivity index (χ1n) is 9.84. The maximum absolute atomic E-state index is 13.2. The molecule has 1 fully saturated rings. The number of rotatable bonds is 7. The van der Waals surface area contributed by atoms with E-state index in [0.29, 0.717) is 23.7 Å². The zero-order valence-electron chi connectivity index (χ0n) is 16.6. The Morgan fingerprint density at radius 3 is 2.97 bits per heavy atom. The minimum atomic E-state index is 0.0190. The highest BCUT2D eigenvalue weighted by Gasteiger charge is 2.30. The lowest BCUT2D eigenvalue weighted by atomic mass is 10.1. The number of aromatic nitrogens is 2. The summed E-state index contributed by atoms with van der Waals surface area (Å²) in [5.74, 6) is 1.17. The molecule has 3 aromatic rings. The van der Waals surface area contributed by atoms with Gasteiger partial charge in [-0.15, -0.1) is 0 Å². The number of carbonyl (C=O) groups is 1. The molecule has 2 aromatic carbocycles. The number of carbonyl (C=O) groups excluding carboxylic acids is 1. The number of hydrogen-bond acceptors (Lipinski definition) is 4. The van der Waals surface area contributed by atoms with Crippen LogP contribution in [0.15, 0.2) is 61.4 Å². The Hall–Kier alpha value is -3.28. The summed E-state index contributed by atoms with van der Waals surface area (Å²) in [4.78, 5) is 19.7. The van der Waals surface area contributed by atoms with Crippen LogP contribution in [0, 0.1) is 0 Å². The third kappa shape index (κ3) is 3.83. The van der Waals surface area contributed by atoms with Gasteiger partial charge in [0.2, 0.25) is 0 Å². The van der Waals surface area contributed by atoms with Crippen molar-refractivity contribution in [2.75, 3.05) is 20.3 Å². The largest absolute Gasteiger partial charge is 0.493 e. The highest BCUT2D eigenvalue weighted by molar-refractivity contribution is 5.95. The summed E-state index contributed by atoms with van der Waals surface area (Å²) in [6, 6.07) is 13.5. The van der Waals surface area contributed by atoms with Gasteiger partial charge >= 0.3 is 0 Å². The number of benzene rings is 2. The first-order valence-corrected chi connectivity index (χ1v) is 9.84. The number of fused-ring (bicyclic) bond motifs is 1. The normalized spacial score (nSPS) is 16.2. The predicted molar refractivity (Wildman–Crippen MR) is 112 cm³/mol. The smallest absolute Gasteiger partial charge is 0.254 e. The van der Waals surface area contributed by atoms with E-state index in [-0.39, 0.29) is 11.9 Å². The molecule has 1 aliphatic rings. The van der Waals surface area contributed by atoms with Crippen LogP contribution in [0.3, 0.4) is 0 Å². The van der Waals surface area contributed by atoms with Crippen LogP contribution in [-0.2, 0) is 6.54 Å². The Morgan fingerprint density at radius 2 is 2.14 bits per heavy atom. The Labute approximate surface area is 170 Å². The molecule has 1 saturated heterocycles. The molecule has 0 aliphatic carbocycles. The van der Waals surface area contributed by atoms with Crippen LogP contribution in [0.5, 0.6) is 11.5 Å². The van der Waals surface area contributed by atoms with Gasteiger partial charge in [0.05, 0.1) is 30.5 Å². The molecule has 1 aromatic heterocycles. The van der Waals surface area contributed by atoms with Crippen molar-refractivity contribution < 1.29 is 14.3 Å². The molecule has 6 nitrogen and oxygen atoms in total. The summed E-state index contributed by atoms with van der Waals surface area (Å²) < 4.78 is 13.1. The fourth-order valence-corrected chi connectivity index (χ4v) is 3.91. The molecular formula is C23H25N3O3. The number of nitrogens with zero attached hydrogens (tertiary/aromatic N) is 3. The average molecular weight is 391 g/mol. The van der Waals surface area contributed by atoms with E-state index >= 15 is 0 Å². The first kappa shape index (κ1) is 19.1. The van der Waals surface area contributed by atoms with Crippen molar-refractivity contribution in [3.63, 3.8) is 0 Å². The lowest BCUT2D eigenvalue weighted by molar-refractivity contribution is 0.0724. The predicted octanol–water partition coefficient (Wildman–Crippen LogP) is 3.91. The topological polar surface area (TPSA) is 56.6 Å². The number of para-hydroxylation sites is 2. The zero-order valence-corrected chi connectivity index (χ0v) is 16.6. The quantitative estimate of drug-likeness (QED) is 0.573. The van der Waals surface area contributed by atoms with Crippen LogP contribution in [-0.4, -0.2) is 46.7 Å². The summed E-state index contributed by atoms with van der Waals surface area (Å²) in [5.41, 5.74) is 2.68. The molecule has 1 aliphatic heterocycles. The average Bonchev–Trinajstić information content (AvgIpc) is 3.39. The van der Waals surface area contributed by atoms with Crippen molar-refractivity contribution in [2.24, 2.45) is 0 Å². The maximum Gasteiger partial charge on any atom is 0.254 e. The van der Waals surface area contributed by atoms with Gasteiger partial charge in [-0.1, -0.05) is 24.8 Å². The van der Waals surface area contributed by atoms with Crippen LogP contribution in [0.25, 0.3) is 11.0 Å². The highest BCUT2D eigenvalue weighted by Crippen LogP contribution is 2.30. The van der Waals surface area contributed by atoms with E-state index in [2.05, 4.69) is 22.2 Å². The summed E-state index contributed by atoms with van der Waals surface area (Å²) in [6.45, 7) is 5.54. The van der Waals surface area contributed by atoms with Crippen molar-refractivity contribution in [1.82, 2.24) is 14.5 Å². The number of methoxy groups -OCH3 is 1. The molecule has 2 heterocycles. The van der Waals surface area contributed by atoms with Gasteiger partial charge in [0, 0.05) is 18.7 Å². The fourth-order valence-electron chi connectivity index (χ4n) is 3.91. The van der Waals surface area contributed by atoms with E-state index < -0.39 is 0 Å². The highest BCUT2D eigenvalue weighted by atomic mass is 16.5. The van der Waals surface area contributed by atoms with Gasteiger partial charge in [-0.05, 0) is 43.2 Å². The van der Waals surface area contributed by atoms with Crippen LogP contribution < -0.4 is 9.47 Å².